The Kier molecular flexibility index (Phi) is 5.16. The minimum atomic E-state index is -0.406. The molecular weight excluding hydrogens is 281 g/mol. The normalized spacial score (nSPS) is 9.41. The summed E-state index contributed by atoms with van der Waals surface area (Å²) in [4.78, 5) is 0. The maximum absolute atomic E-state index is 13.5. The van der Waals surface area contributed by atoms with Crippen molar-refractivity contribution in [2.75, 3.05) is 5.73 Å². The van der Waals surface area contributed by atoms with Crippen LogP contribution < -0.4 is 5.73 Å². The molecule has 0 saturated heterocycles. The quantitative estimate of drug-likeness (QED) is 0.747. The first-order chi connectivity index (χ1) is 8.20. The monoisotopic (exact) mass is 295 g/mol. The maximum Gasteiger partial charge on any atom is 0.160 e. The van der Waals surface area contributed by atoms with Crippen molar-refractivity contribution in [1.82, 2.24) is 0 Å². The van der Waals surface area contributed by atoms with E-state index < -0.39 is 5.82 Å². The van der Waals surface area contributed by atoms with Gasteiger partial charge in [0.1, 0.15) is 0 Å². The van der Waals surface area contributed by atoms with Gasteiger partial charge in [-0.3, -0.25) is 0 Å². The van der Waals surface area contributed by atoms with E-state index in [1.165, 1.54) is 0 Å². The largest absolute Gasteiger partial charge is 0.396 e. The van der Waals surface area contributed by atoms with Crippen LogP contribution in [0.15, 0.2) is 46.9 Å². The molecule has 0 aliphatic rings. The summed E-state index contributed by atoms with van der Waals surface area (Å²) in [6.07, 6.45) is 0. The molecule has 0 heterocycles. The van der Waals surface area contributed by atoms with E-state index in [0.717, 1.165) is 11.1 Å². The maximum atomic E-state index is 13.5. The molecule has 0 unspecified atom stereocenters. The summed E-state index contributed by atoms with van der Waals surface area (Å²) < 4.78 is 13.9. The Morgan fingerprint density at radius 1 is 1.00 bits per heavy atom. The second-order valence-electron chi connectivity index (χ2n) is 3.19. The van der Waals surface area contributed by atoms with Gasteiger partial charge in [-0.25, -0.2) is 4.39 Å². The molecule has 2 N–H and O–H groups in total. The Hall–Kier alpha value is -1.35. The van der Waals surface area contributed by atoms with E-state index in [0.29, 0.717) is 4.47 Å². The zero-order valence-corrected chi connectivity index (χ0v) is 11.5. The van der Waals surface area contributed by atoms with Crippen LogP contribution in [-0.2, 0) is 0 Å². The summed E-state index contributed by atoms with van der Waals surface area (Å²) in [5, 5.41) is 0. The average molecular weight is 296 g/mol. The van der Waals surface area contributed by atoms with Gasteiger partial charge in [0.05, 0.1) is 10.2 Å². The lowest BCUT2D eigenvalue weighted by Crippen LogP contribution is -1.95. The number of anilines is 1. The van der Waals surface area contributed by atoms with E-state index in [1.807, 2.05) is 44.2 Å². The fourth-order valence-corrected chi connectivity index (χ4v) is 1.78. The molecule has 0 aliphatic heterocycles. The molecule has 0 bridgehead atoms. The minimum absolute atomic E-state index is 0.176. The predicted octanol–water partition coefficient (Wildman–Crippen LogP) is 4.86. The fraction of sp³-hybridized carbons (Fsp3) is 0.143. The topological polar surface area (TPSA) is 26.0 Å². The van der Waals surface area contributed by atoms with Gasteiger partial charge < -0.3 is 5.73 Å². The van der Waals surface area contributed by atoms with E-state index in [4.69, 9.17) is 5.73 Å². The number of benzene rings is 2. The highest BCUT2D eigenvalue weighted by molar-refractivity contribution is 9.10. The molecule has 2 aromatic rings. The van der Waals surface area contributed by atoms with Gasteiger partial charge in [-0.1, -0.05) is 50.2 Å². The molecule has 0 radical (unpaired) electrons. The Balaban J connectivity index is 0.000000686. The molecule has 0 atom stereocenters. The second-order valence-corrected chi connectivity index (χ2v) is 4.04. The van der Waals surface area contributed by atoms with Crippen LogP contribution in [-0.4, -0.2) is 0 Å². The smallest absolute Gasteiger partial charge is 0.160 e. The Bertz CT molecular complexity index is 483. The van der Waals surface area contributed by atoms with Crippen LogP contribution in [0.3, 0.4) is 0 Å². The molecular formula is C14H15BrFN. The minimum Gasteiger partial charge on any atom is -0.396 e. The van der Waals surface area contributed by atoms with Gasteiger partial charge in [-0.2, -0.15) is 0 Å². The predicted molar refractivity (Wildman–Crippen MR) is 75.3 cm³/mol. The van der Waals surface area contributed by atoms with E-state index in [2.05, 4.69) is 15.9 Å². The number of hydrogen-bond acceptors (Lipinski definition) is 1. The molecule has 2 aromatic carbocycles. The van der Waals surface area contributed by atoms with Crippen LogP contribution in [0.2, 0.25) is 0 Å². The van der Waals surface area contributed by atoms with Crippen molar-refractivity contribution in [2.45, 2.75) is 13.8 Å². The van der Waals surface area contributed by atoms with Crippen molar-refractivity contribution in [3.8, 4) is 11.1 Å². The molecule has 0 aliphatic carbocycles. The number of rotatable bonds is 1. The zero-order chi connectivity index (χ0) is 12.8. The van der Waals surface area contributed by atoms with Gasteiger partial charge >= 0.3 is 0 Å². The van der Waals surface area contributed by atoms with Gasteiger partial charge in [-0.05, 0) is 27.6 Å². The van der Waals surface area contributed by atoms with Crippen molar-refractivity contribution in [1.29, 1.82) is 0 Å². The molecule has 0 saturated carbocycles. The van der Waals surface area contributed by atoms with Crippen LogP contribution in [0.25, 0.3) is 11.1 Å². The highest BCUT2D eigenvalue weighted by atomic mass is 79.9. The van der Waals surface area contributed by atoms with E-state index in [1.54, 1.807) is 12.1 Å². The second kappa shape index (κ2) is 6.40. The first-order valence-corrected chi connectivity index (χ1v) is 6.28. The number of halogens is 2. The summed E-state index contributed by atoms with van der Waals surface area (Å²) in [6, 6.07) is 13.0. The van der Waals surface area contributed by atoms with Crippen LogP contribution in [0.4, 0.5) is 10.1 Å². The molecule has 17 heavy (non-hydrogen) atoms. The lowest BCUT2D eigenvalue weighted by Gasteiger charge is -2.07. The Labute approximate surface area is 110 Å². The van der Waals surface area contributed by atoms with Gasteiger partial charge in [0, 0.05) is 5.56 Å². The lowest BCUT2D eigenvalue weighted by molar-refractivity contribution is 0.626. The van der Waals surface area contributed by atoms with Crippen LogP contribution in [0.1, 0.15) is 13.8 Å². The van der Waals surface area contributed by atoms with Gasteiger partial charge in [-0.15, -0.1) is 0 Å². The van der Waals surface area contributed by atoms with Crippen LogP contribution in [0.5, 0.6) is 0 Å². The Morgan fingerprint density at radius 2 is 1.59 bits per heavy atom. The molecule has 3 heteroatoms. The van der Waals surface area contributed by atoms with Gasteiger partial charge in [0.25, 0.3) is 0 Å². The summed E-state index contributed by atoms with van der Waals surface area (Å²) in [7, 11) is 0. The van der Waals surface area contributed by atoms with Gasteiger partial charge in [0.2, 0.25) is 0 Å². The summed E-state index contributed by atoms with van der Waals surface area (Å²) >= 11 is 3.10. The summed E-state index contributed by atoms with van der Waals surface area (Å²) in [6.45, 7) is 4.00. The molecule has 1 nitrogen and oxygen atoms in total. The average Bonchev–Trinajstić information content (AvgIpc) is 2.40. The van der Waals surface area contributed by atoms with E-state index in [9.17, 15) is 4.39 Å². The van der Waals surface area contributed by atoms with E-state index >= 15 is 0 Å². The van der Waals surface area contributed by atoms with Crippen molar-refractivity contribution in [3.05, 3.63) is 52.8 Å². The molecule has 2 rings (SSSR count). The first-order valence-electron chi connectivity index (χ1n) is 5.49. The molecule has 0 fully saturated rings. The highest BCUT2D eigenvalue weighted by Gasteiger charge is 2.09. The zero-order valence-electron chi connectivity index (χ0n) is 9.87. The molecule has 90 valence electrons. The highest BCUT2D eigenvalue weighted by Crippen LogP contribution is 2.31. The van der Waals surface area contributed by atoms with Gasteiger partial charge in [0.15, 0.2) is 5.82 Å². The van der Waals surface area contributed by atoms with Crippen LogP contribution >= 0.6 is 15.9 Å². The number of hydrogen-bond donors (Lipinski definition) is 1. The van der Waals surface area contributed by atoms with Crippen molar-refractivity contribution in [2.24, 2.45) is 0 Å². The summed E-state index contributed by atoms with van der Waals surface area (Å²) in [5.41, 5.74) is 7.52. The van der Waals surface area contributed by atoms with Crippen molar-refractivity contribution in [3.63, 3.8) is 0 Å². The number of nitrogen functional groups attached to an aromatic ring is 1. The summed E-state index contributed by atoms with van der Waals surface area (Å²) in [5.74, 6) is -0.406. The molecule has 0 aromatic heterocycles. The fourth-order valence-electron chi connectivity index (χ4n) is 1.44. The third-order valence-corrected chi connectivity index (χ3v) is 2.83. The third kappa shape index (κ3) is 3.07. The Morgan fingerprint density at radius 3 is 2.18 bits per heavy atom. The lowest BCUT2D eigenvalue weighted by atomic mass is 10.0. The first kappa shape index (κ1) is 13.7. The van der Waals surface area contributed by atoms with Crippen molar-refractivity contribution >= 4 is 21.6 Å². The third-order valence-electron chi connectivity index (χ3n) is 2.22. The van der Waals surface area contributed by atoms with E-state index in [-0.39, 0.29) is 5.69 Å². The SMILES string of the molecule is CC.Nc1c(-c2ccccc2)ccc(Br)c1F. The molecule has 0 amide bonds. The molecule has 0 spiro atoms. The standard InChI is InChI=1S/C12H9BrFN.C2H6/c13-10-7-6-9(12(15)11(10)14)8-4-2-1-3-5-8;1-2/h1-7H,15H2;1-2H3. The number of nitrogens with two attached hydrogens (primary N) is 1. The van der Waals surface area contributed by atoms with Crippen molar-refractivity contribution < 1.29 is 4.39 Å². The van der Waals surface area contributed by atoms with Crippen LogP contribution in [0, 0.1) is 5.82 Å².